The van der Waals surface area contributed by atoms with Crippen LogP contribution >= 0.6 is 0 Å². The highest BCUT2D eigenvalue weighted by atomic mass is 15.0. The lowest BCUT2D eigenvalue weighted by molar-refractivity contribution is 1.27. The molecule has 0 fully saturated rings. The summed E-state index contributed by atoms with van der Waals surface area (Å²) in [5, 5.41) is 5.79. The maximum absolute atomic E-state index is 5.02. The Morgan fingerprint density at radius 3 is 2.44 bits per heavy atom. The third-order valence-electron chi connectivity index (χ3n) is 7.56. The Morgan fingerprint density at radius 2 is 1.53 bits per heavy atom. The fraction of sp³-hybridized carbons (Fsp3) is 0.0645. The monoisotopic (exact) mass is 463 g/mol. The molecule has 170 valence electrons. The summed E-state index contributed by atoms with van der Waals surface area (Å²) in [5.41, 5.74) is 11.3. The molecular weight excluding hydrogens is 442 g/mol. The van der Waals surface area contributed by atoms with Crippen LogP contribution in [0.3, 0.4) is 0 Å². The van der Waals surface area contributed by atoms with Crippen LogP contribution in [0.4, 0.5) is 0 Å². The van der Waals surface area contributed by atoms with Gasteiger partial charge in [-0.25, -0.2) is 4.98 Å². The molecule has 36 heavy (non-hydrogen) atoms. The number of hydrogen-bond acceptors (Lipinski definition) is 3. The van der Waals surface area contributed by atoms with Gasteiger partial charge in [-0.05, 0) is 66.4 Å². The molecule has 0 aliphatic heterocycles. The van der Waals surface area contributed by atoms with Gasteiger partial charge in [-0.3, -0.25) is 14.4 Å². The largest absolute Gasteiger partial charge is 0.354 e. The number of pyridine rings is 3. The van der Waals surface area contributed by atoms with E-state index in [0.29, 0.717) is 0 Å². The highest BCUT2D eigenvalue weighted by molar-refractivity contribution is 6.27. The number of benzene rings is 3. The van der Waals surface area contributed by atoms with E-state index in [2.05, 4.69) is 87.8 Å². The van der Waals surface area contributed by atoms with Crippen molar-refractivity contribution in [3.8, 4) is 11.1 Å². The molecule has 8 rings (SSSR count). The molecule has 3 aromatic carbocycles. The van der Waals surface area contributed by atoms with Crippen LogP contribution in [0.15, 0.2) is 85.5 Å². The zero-order valence-corrected chi connectivity index (χ0v) is 19.9. The number of fused-ring (bicyclic) bond motifs is 12. The molecule has 0 bridgehead atoms. The summed E-state index contributed by atoms with van der Waals surface area (Å²) < 4.78 is 2.20. The maximum Gasteiger partial charge on any atom is 0.146 e. The van der Waals surface area contributed by atoms with Gasteiger partial charge in [-0.15, -0.1) is 0 Å². The average Bonchev–Trinajstić information content (AvgIpc) is 3.47. The predicted octanol–water partition coefficient (Wildman–Crippen LogP) is 7.50. The Bertz CT molecular complexity index is 2180. The number of aromatic amines is 1. The fourth-order valence-electron chi connectivity index (χ4n) is 5.88. The van der Waals surface area contributed by atoms with Crippen molar-refractivity contribution in [3.63, 3.8) is 0 Å². The molecule has 5 nitrogen and oxygen atoms in total. The van der Waals surface area contributed by atoms with Gasteiger partial charge >= 0.3 is 0 Å². The number of nitrogens with one attached hydrogen (secondary N) is 1. The predicted molar refractivity (Wildman–Crippen MR) is 148 cm³/mol. The lowest BCUT2D eigenvalue weighted by Crippen LogP contribution is -1.93. The smallest absolute Gasteiger partial charge is 0.146 e. The first kappa shape index (κ1) is 19.5. The number of aryl methyl sites for hydroxylation is 2. The summed E-state index contributed by atoms with van der Waals surface area (Å²) in [6.45, 7) is 4.38. The molecule has 0 aliphatic rings. The molecule has 5 heteroatoms. The van der Waals surface area contributed by atoms with Crippen molar-refractivity contribution in [2.75, 3.05) is 0 Å². The highest BCUT2D eigenvalue weighted by Gasteiger charge is 2.18. The van der Waals surface area contributed by atoms with Crippen LogP contribution in [0.1, 0.15) is 11.1 Å². The molecule has 0 saturated carbocycles. The molecule has 0 spiro atoms. The first-order valence-corrected chi connectivity index (χ1v) is 12.1. The molecular formula is C31H21N5. The fourth-order valence-corrected chi connectivity index (χ4v) is 5.88. The van der Waals surface area contributed by atoms with Gasteiger partial charge in [0, 0.05) is 51.0 Å². The van der Waals surface area contributed by atoms with Crippen LogP contribution in [0.2, 0.25) is 0 Å². The zero-order chi connectivity index (χ0) is 24.0. The Kier molecular flexibility index (Phi) is 3.74. The van der Waals surface area contributed by atoms with Crippen LogP contribution in [0.5, 0.6) is 0 Å². The SMILES string of the molecule is Cc1ccccc1-c1cc2[nH]c3c(ccc4c3c3cnccc3n3c5cnccc5nc43)c2cc1C. The van der Waals surface area contributed by atoms with E-state index in [-0.39, 0.29) is 0 Å². The van der Waals surface area contributed by atoms with Crippen molar-refractivity contribution in [3.05, 3.63) is 96.6 Å². The van der Waals surface area contributed by atoms with Gasteiger partial charge in [-0.2, -0.15) is 0 Å². The van der Waals surface area contributed by atoms with Crippen molar-refractivity contribution < 1.29 is 0 Å². The standard InChI is InChI=1S/C31H21N5/c1-17-5-3-4-6-19(17)22-14-26-23(13-18(22)2)20-7-8-21-29(30(20)34-26)24-15-32-12-10-27(24)36-28-16-33-11-9-25(28)35-31(21)36/h3-16,34H,1-2H3. The number of rotatable bonds is 1. The van der Waals surface area contributed by atoms with E-state index in [1.165, 1.54) is 33.0 Å². The van der Waals surface area contributed by atoms with E-state index >= 15 is 0 Å². The van der Waals surface area contributed by atoms with Crippen LogP contribution in [-0.2, 0) is 0 Å². The molecule has 1 N–H and O–H groups in total. The Balaban J connectivity index is 1.55. The number of nitrogens with zero attached hydrogens (tertiary/aromatic N) is 4. The number of hydrogen-bond donors (Lipinski definition) is 1. The van der Waals surface area contributed by atoms with Crippen molar-refractivity contribution in [2.24, 2.45) is 0 Å². The summed E-state index contributed by atoms with van der Waals surface area (Å²) in [6, 6.07) is 21.7. The normalized spacial score (nSPS) is 12.2. The third kappa shape index (κ3) is 2.46. The topological polar surface area (TPSA) is 58.9 Å². The summed E-state index contributed by atoms with van der Waals surface area (Å²) in [4.78, 5) is 17.7. The minimum atomic E-state index is 0.934. The molecule has 0 amide bonds. The average molecular weight is 464 g/mol. The van der Waals surface area contributed by atoms with E-state index in [1.807, 2.05) is 24.7 Å². The lowest BCUT2D eigenvalue weighted by Gasteiger charge is -2.10. The van der Waals surface area contributed by atoms with E-state index in [4.69, 9.17) is 4.98 Å². The number of imidazole rings is 1. The van der Waals surface area contributed by atoms with Gasteiger partial charge in [0.15, 0.2) is 0 Å². The zero-order valence-electron chi connectivity index (χ0n) is 19.9. The van der Waals surface area contributed by atoms with Crippen molar-refractivity contribution in [2.45, 2.75) is 13.8 Å². The molecule has 8 aromatic rings. The molecule has 0 atom stereocenters. The Hall–Kier alpha value is -4.77. The lowest BCUT2D eigenvalue weighted by atomic mass is 9.95. The van der Waals surface area contributed by atoms with Crippen LogP contribution in [-0.4, -0.2) is 24.3 Å². The second-order valence-corrected chi connectivity index (χ2v) is 9.59. The van der Waals surface area contributed by atoms with Gasteiger partial charge in [0.2, 0.25) is 0 Å². The molecule has 5 heterocycles. The van der Waals surface area contributed by atoms with Gasteiger partial charge in [0.05, 0.1) is 28.3 Å². The molecule has 5 aromatic heterocycles. The van der Waals surface area contributed by atoms with Crippen molar-refractivity contribution >= 4 is 60.2 Å². The Labute approximate surface area is 206 Å². The molecule has 0 unspecified atom stereocenters. The van der Waals surface area contributed by atoms with E-state index in [9.17, 15) is 0 Å². The van der Waals surface area contributed by atoms with Gasteiger partial charge < -0.3 is 4.98 Å². The summed E-state index contributed by atoms with van der Waals surface area (Å²) in [7, 11) is 0. The molecule has 0 aliphatic carbocycles. The first-order valence-electron chi connectivity index (χ1n) is 12.1. The second kappa shape index (κ2) is 6.89. The van der Waals surface area contributed by atoms with E-state index in [1.54, 1.807) is 6.20 Å². The first-order chi connectivity index (χ1) is 17.7. The van der Waals surface area contributed by atoms with Crippen LogP contribution in [0.25, 0.3) is 71.3 Å². The van der Waals surface area contributed by atoms with E-state index < -0.39 is 0 Å². The number of H-pyrrole nitrogens is 1. The summed E-state index contributed by atoms with van der Waals surface area (Å²) in [6.07, 6.45) is 7.50. The van der Waals surface area contributed by atoms with Crippen LogP contribution < -0.4 is 0 Å². The molecule has 0 radical (unpaired) electrons. The Morgan fingerprint density at radius 1 is 0.694 bits per heavy atom. The number of aromatic nitrogens is 5. The van der Waals surface area contributed by atoms with Crippen molar-refractivity contribution in [1.29, 1.82) is 0 Å². The van der Waals surface area contributed by atoms with Crippen molar-refractivity contribution in [1.82, 2.24) is 24.3 Å². The van der Waals surface area contributed by atoms with E-state index in [0.717, 1.165) is 49.4 Å². The van der Waals surface area contributed by atoms with Gasteiger partial charge in [0.1, 0.15) is 5.65 Å². The molecule has 0 saturated heterocycles. The van der Waals surface area contributed by atoms with Gasteiger partial charge in [-0.1, -0.05) is 30.3 Å². The minimum absolute atomic E-state index is 0.934. The van der Waals surface area contributed by atoms with Gasteiger partial charge in [0.25, 0.3) is 0 Å². The van der Waals surface area contributed by atoms with Crippen LogP contribution in [0, 0.1) is 13.8 Å². The third-order valence-corrected chi connectivity index (χ3v) is 7.56. The maximum atomic E-state index is 5.02. The quantitative estimate of drug-likeness (QED) is 0.256. The highest BCUT2D eigenvalue weighted by Crippen LogP contribution is 2.40. The summed E-state index contributed by atoms with van der Waals surface area (Å²) in [5.74, 6) is 0. The summed E-state index contributed by atoms with van der Waals surface area (Å²) >= 11 is 0. The minimum Gasteiger partial charge on any atom is -0.354 e. The second-order valence-electron chi connectivity index (χ2n) is 9.59.